The molecule has 98 valence electrons. The number of ether oxygens (including phenoxy) is 2. The second-order valence-corrected chi connectivity index (χ2v) is 4.25. The van der Waals surface area contributed by atoms with E-state index in [0.717, 1.165) is 5.56 Å². The van der Waals surface area contributed by atoms with Crippen LogP contribution in [0.25, 0.3) is 0 Å². The van der Waals surface area contributed by atoms with Gasteiger partial charge in [0, 0.05) is 0 Å². The number of urea groups is 1. The molecule has 2 aliphatic heterocycles. The smallest absolute Gasteiger partial charge is 0.328 e. The van der Waals surface area contributed by atoms with Crippen molar-refractivity contribution < 1.29 is 23.9 Å². The number of hydrogen-bond acceptors (Lipinski definition) is 5. The van der Waals surface area contributed by atoms with E-state index in [1.54, 1.807) is 18.2 Å². The molecule has 19 heavy (non-hydrogen) atoms. The molecule has 0 radical (unpaired) electrons. The number of barbiturate groups is 1. The number of carbonyl (C=O) groups excluding carboxylic acids is 3. The van der Waals surface area contributed by atoms with Crippen molar-refractivity contribution >= 4 is 17.8 Å². The van der Waals surface area contributed by atoms with E-state index in [4.69, 9.17) is 9.47 Å². The van der Waals surface area contributed by atoms with Crippen molar-refractivity contribution in [2.75, 3.05) is 6.79 Å². The van der Waals surface area contributed by atoms with Crippen molar-refractivity contribution in [3.63, 3.8) is 0 Å². The largest absolute Gasteiger partial charge is 0.454 e. The SMILES string of the molecule is O=C1NC(=O)C(Cc2ccc3c(c2)OCO3)C(=O)N1. The lowest BCUT2D eigenvalue weighted by Gasteiger charge is -2.20. The molecule has 1 saturated heterocycles. The van der Waals surface area contributed by atoms with Crippen LogP contribution >= 0.6 is 0 Å². The third kappa shape index (κ3) is 2.10. The standard InChI is InChI=1S/C12H10N2O5/c15-10-7(11(16)14-12(17)13-10)3-6-1-2-8-9(4-6)19-5-18-8/h1-2,4,7H,3,5H2,(H2,13,14,15,16,17). The number of carbonyl (C=O) groups is 3. The van der Waals surface area contributed by atoms with Crippen molar-refractivity contribution in [3.05, 3.63) is 23.8 Å². The first-order valence-corrected chi connectivity index (χ1v) is 5.68. The Balaban J connectivity index is 1.79. The van der Waals surface area contributed by atoms with Gasteiger partial charge in [-0.1, -0.05) is 6.07 Å². The third-order valence-corrected chi connectivity index (χ3v) is 2.98. The number of imide groups is 2. The molecule has 4 amide bonds. The molecule has 1 aromatic carbocycles. The van der Waals surface area contributed by atoms with Gasteiger partial charge in [-0.2, -0.15) is 0 Å². The van der Waals surface area contributed by atoms with Crippen LogP contribution in [0.2, 0.25) is 0 Å². The monoisotopic (exact) mass is 262 g/mol. The summed E-state index contributed by atoms with van der Waals surface area (Å²) in [4.78, 5) is 34.1. The summed E-state index contributed by atoms with van der Waals surface area (Å²) >= 11 is 0. The molecule has 0 bridgehead atoms. The highest BCUT2D eigenvalue weighted by atomic mass is 16.7. The summed E-state index contributed by atoms with van der Waals surface area (Å²) < 4.78 is 10.4. The van der Waals surface area contributed by atoms with Crippen LogP contribution in [0.15, 0.2) is 18.2 Å². The molecule has 7 heteroatoms. The molecule has 0 aromatic heterocycles. The molecule has 3 rings (SSSR count). The second-order valence-electron chi connectivity index (χ2n) is 4.25. The second kappa shape index (κ2) is 4.27. The normalized spacial score (nSPS) is 18.2. The van der Waals surface area contributed by atoms with E-state index in [-0.39, 0.29) is 13.2 Å². The van der Waals surface area contributed by atoms with Gasteiger partial charge in [-0.25, -0.2) is 4.79 Å². The van der Waals surface area contributed by atoms with E-state index in [9.17, 15) is 14.4 Å². The minimum Gasteiger partial charge on any atom is -0.454 e. The van der Waals surface area contributed by atoms with Crippen molar-refractivity contribution in [3.8, 4) is 11.5 Å². The van der Waals surface area contributed by atoms with Gasteiger partial charge in [0.25, 0.3) is 0 Å². The summed E-state index contributed by atoms with van der Waals surface area (Å²) in [7, 11) is 0. The maximum atomic E-state index is 11.6. The fourth-order valence-corrected chi connectivity index (χ4v) is 2.04. The number of amides is 4. The van der Waals surface area contributed by atoms with Crippen molar-refractivity contribution in [2.24, 2.45) is 5.92 Å². The predicted octanol–water partition coefficient (Wildman–Crippen LogP) is -0.0600. The van der Waals surface area contributed by atoms with Crippen LogP contribution in [0.1, 0.15) is 5.56 Å². The van der Waals surface area contributed by atoms with Crippen LogP contribution < -0.4 is 20.1 Å². The summed E-state index contributed by atoms with van der Waals surface area (Å²) in [6.45, 7) is 0.164. The molecule has 7 nitrogen and oxygen atoms in total. The molecule has 2 aliphatic rings. The highest BCUT2D eigenvalue weighted by molar-refractivity contribution is 6.16. The van der Waals surface area contributed by atoms with Gasteiger partial charge in [0.15, 0.2) is 11.5 Å². The molecule has 0 saturated carbocycles. The zero-order valence-corrected chi connectivity index (χ0v) is 9.76. The molecule has 1 aromatic rings. The van der Waals surface area contributed by atoms with E-state index in [1.165, 1.54) is 0 Å². The number of fused-ring (bicyclic) bond motifs is 1. The molecular formula is C12H10N2O5. The molecule has 0 atom stereocenters. The maximum absolute atomic E-state index is 11.6. The summed E-state index contributed by atoms with van der Waals surface area (Å²) in [5.74, 6) is -0.877. The first kappa shape index (κ1) is 11.5. The number of hydrogen-bond donors (Lipinski definition) is 2. The average Bonchev–Trinajstić information content (AvgIpc) is 2.81. The summed E-state index contributed by atoms with van der Waals surface area (Å²) in [5, 5.41) is 4.13. The Hall–Kier alpha value is -2.57. The average molecular weight is 262 g/mol. The molecule has 1 fully saturated rings. The summed E-state index contributed by atoms with van der Waals surface area (Å²) in [6.07, 6.45) is 0.196. The molecule has 2 N–H and O–H groups in total. The van der Waals surface area contributed by atoms with Crippen LogP contribution in [0.3, 0.4) is 0 Å². The lowest BCUT2D eigenvalue weighted by molar-refractivity contribution is -0.135. The molecule has 0 spiro atoms. The highest BCUT2D eigenvalue weighted by Crippen LogP contribution is 2.33. The molecule has 2 heterocycles. The van der Waals surface area contributed by atoms with Gasteiger partial charge < -0.3 is 9.47 Å². The third-order valence-electron chi connectivity index (χ3n) is 2.98. The molecule has 0 unspecified atom stereocenters. The van der Waals surface area contributed by atoms with E-state index in [1.807, 2.05) is 0 Å². The van der Waals surface area contributed by atoms with Crippen molar-refractivity contribution in [1.29, 1.82) is 0 Å². The van der Waals surface area contributed by atoms with E-state index in [0.29, 0.717) is 11.5 Å². The zero-order chi connectivity index (χ0) is 13.4. The first-order chi connectivity index (χ1) is 9.13. The number of nitrogens with one attached hydrogen (secondary N) is 2. The molecule has 0 aliphatic carbocycles. The minimum absolute atomic E-state index is 0.164. The first-order valence-electron chi connectivity index (χ1n) is 5.68. The van der Waals surface area contributed by atoms with Crippen molar-refractivity contribution in [1.82, 2.24) is 10.6 Å². The fourth-order valence-electron chi connectivity index (χ4n) is 2.04. The van der Waals surface area contributed by atoms with Gasteiger partial charge in [0.2, 0.25) is 18.6 Å². The topological polar surface area (TPSA) is 93.7 Å². The van der Waals surface area contributed by atoms with E-state index in [2.05, 4.69) is 10.6 Å². The summed E-state index contributed by atoms with van der Waals surface area (Å²) in [6, 6.07) is 4.42. The summed E-state index contributed by atoms with van der Waals surface area (Å²) in [5.41, 5.74) is 0.758. The Morgan fingerprint density at radius 1 is 1.05 bits per heavy atom. The lowest BCUT2D eigenvalue weighted by atomic mass is 9.96. The van der Waals surface area contributed by atoms with Gasteiger partial charge in [0.05, 0.1) is 0 Å². The Kier molecular flexibility index (Phi) is 2.59. The Morgan fingerprint density at radius 2 is 1.74 bits per heavy atom. The zero-order valence-electron chi connectivity index (χ0n) is 9.76. The lowest BCUT2D eigenvalue weighted by Crippen LogP contribution is -2.56. The maximum Gasteiger partial charge on any atom is 0.328 e. The fraction of sp³-hybridized carbons (Fsp3) is 0.250. The Morgan fingerprint density at radius 3 is 2.47 bits per heavy atom. The van der Waals surface area contributed by atoms with E-state index >= 15 is 0 Å². The van der Waals surface area contributed by atoms with Gasteiger partial charge in [-0.3, -0.25) is 20.2 Å². The number of benzene rings is 1. The van der Waals surface area contributed by atoms with Crippen molar-refractivity contribution in [2.45, 2.75) is 6.42 Å². The Labute approximate surface area is 107 Å². The van der Waals surface area contributed by atoms with Crippen LogP contribution in [0.5, 0.6) is 11.5 Å². The molecular weight excluding hydrogens is 252 g/mol. The van der Waals surface area contributed by atoms with Gasteiger partial charge in [-0.15, -0.1) is 0 Å². The number of rotatable bonds is 2. The highest BCUT2D eigenvalue weighted by Gasteiger charge is 2.34. The van der Waals surface area contributed by atoms with Crippen LogP contribution in [0, 0.1) is 5.92 Å². The van der Waals surface area contributed by atoms with Gasteiger partial charge in [-0.05, 0) is 24.1 Å². The van der Waals surface area contributed by atoms with Crippen LogP contribution in [-0.4, -0.2) is 24.6 Å². The van der Waals surface area contributed by atoms with Gasteiger partial charge >= 0.3 is 6.03 Å². The predicted molar refractivity (Wildman–Crippen MR) is 61.4 cm³/mol. The van der Waals surface area contributed by atoms with Crippen LogP contribution in [0.4, 0.5) is 4.79 Å². The van der Waals surface area contributed by atoms with Crippen LogP contribution in [-0.2, 0) is 16.0 Å². The quantitative estimate of drug-likeness (QED) is 0.728. The van der Waals surface area contributed by atoms with E-state index < -0.39 is 23.8 Å². The van der Waals surface area contributed by atoms with Gasteiger partial charge in [0.1, 0.15) is 5.92 Å². The minimum atomic E-state index is -0.918. The Bertz CT molecular complexity index is 563.